The van der Waals surface area contributed by atoms with Gasteiger partial charge in [0.15, 0.2) is 0 Å². The second-order valence-electron chi connectivity index (χ2n) is 6.33. The zero-order valence-corrected chi connectivity index (χ0v) is 13.4. The maximum Gasteiger partial charge on any atom is 0.408 e. The van der Waals surface area contributed by atoms with Crippen LogP contribution in [0.5, 0.6) is 0 Å². The van der Waals surface area contributed by atoms with Gasteiger partial charge in [-0.05, 0) is 30.0 Å². The van der Waals surface area contributed by atoms with Crippen LogP contribution in [0.15, 0.2) is 42.2 Å². The Morgan fingerprint density at radius 2 is 1.84 bits per heavy atom. The summed E-state index contributed by atoms with van der Waals surface area (Å²) in [4.78, 5) is 0. The highest BCUT2D eigenvalue weighted by atomic mass is 19.4. The standard InChI is InChI=1S/C18H17F5N2/c19-17(20)6-4-13(5-7-17)8-14-2-1-3-15(9-14)16-10-24-25(11-16)12-18(21,22)23/h1-3,8-11H,4-7,12H2. The minimum atomic E-state index is -4.32. The van der Waals surface area contributed by atoms with Gasteiger partial charge in [0.05, 0.1) is 6.20 Å². The van der Waals surface area contributed by atoms with Crippen LogP contribution >= 0.6 is 0 Å². The van der Waals surface area contributed by atoms with E-state index in [9.17, 15) is 22.0 Å². The van der Waals surface area contributed by atoms with Crippen molar-refractivity contribution in [1.82, 2.24) is 9.78 Å². The van der Waals surface area contributed by atoms with Crippen molar-refractivity contribution in [1.29, 1.82) is 0 Å². The predicted octanol–water partition coefficient (Wildman–Crippen LogP) is 5.71. The Balaban J connectivity index is 1.76. The first-order valence-electron chi connectivity index (χ1n) is 7.97. The fraction of sp³-hybridized carbons (Fsp3) is 0.389. The third-order valence-electron chi connectivity index (χ3n) is 4.19. The molecular weight excluding hydrogens is 339 g/mol. The number of nitrogens with zero attached hydrogens (tertiary/aromatic N) is 2. The smallest absolute Gasteiger partial charge is 0.263 e. The molecule has 0 saturated heterocycles. The molecule has 1 saturated carbocycles. The van der Waals surface area contributed by atoms with E-state index in [1.807, 2.05) is 18.2 Å². The van der Waals surface area contributed by atoms with E-state index in [1.165, 1.54) is 12.4 Å². The molecule has 0 atom stereocenters. The van der Waals surface area contributed by atoms with Crippen LogP contribution in [-0.2, 0) is 6.54 Å². The Labute approximate surface area is 142 Å². The lowest BCUT2D eigenvalue weighted by molar-refractivity contribution is -0.142. The summed E-state index contributed by atoms with van der Waals surface area (Å²) in [5.74, 6) is -2.58. The molecule has 1 heterocycles. The quantitative estimate of drug-likeness (QED) is 0.645. The summed E-state index contributed by atoms with van der Waals surface area (Å²) in [6, 6.07) is 7.25. The largest absolute Gasteiger partial charge is 0.408 e. The van der Waals surface area contributed by atoms with Gasteiger partial charge in [-0.15, -0.1) is 0 Å². The van der Waals surface area contributed by atoms with Crippen LogP contribution in [0.4, 0.5) is 22.0 Å². The SMILES string of the molecule is FC(F)(F)Cn1cc(-c2cccc(C=C3CCC(F)(F)CC3)c2)cn1. The summed E-state index contributed by atoms with van der Waals surface area (Å²) in [5.41, 5.74) is 3.14. The Kier molecular flexibility index (Phi) is 4.67. The molecule has 2 nitrogen and oxygen atoms in total. The van der Waals surface area contributed by atoms with E-state index in [1.54, 1.807) is 12.1 Å². The lowest BCUT2D eigenvalue weighted by atomic mass is 9.90. The van der Waals surface area contributed by atoms with Crippen LogP contribution in [0.2, 0.25) is 0 Å². The Hall–Kier alpha value is -2.18. The second kappa shape index (κ2) is 6.61. The molecule has 1 aliphatic rings. The fourth-order valence-corrected chi connectivity index (χ4v) is 2.91. The molecule has 0 unspecified atom stereocenters. The first-order chi connectivity index (χ1) is 11.7. The Morgan fingerprint density at radius 3 is 2.52 bits per heavy atom. The molecule has 2 aromatic rings. The molecule has 25 heavy (non-hydrogen) atoms. The number of hydrogen-bond acceptors (Lipinski definition) is 1. The molecule has 1 fully saturated rings. The molecule has 0 bridgehead atoms. The topological polar surface area (TPSA) is 17.8 Å². The van der Waals surface area contributed by atoms with Gasteiger partial charge >= 0.3 is 6.18 Å². The Morgan fingerprint density at radius 1 is 1.12 bits per heavy atom. The minimum Gasteiger partial charge on any atom is -0.263 e. The van der Waals surface area contributed by atoms with Crippen molar-refractivity contribution in [3.63, 3.8) is 0 Å². The second-order valence-corrected chi connectivity index (χ2v) is 6.33. The average Bonchev–Trinajstić information content (AvgIpc) is 2.96. The first-order valence-corrected chi connectivity index (χ1v) is 7.97. The molecule has 0 N–H and O–H groups in total. The highest BCUT2D eigenvalue weighted by molar-refractivity contribution is 5.67. The van der Waals surface area contributed by atoms with Crippen LogP contribution < -0.4 is 0 Å². The van der Waals surface area contributed by atoms with Crippen molar-refractivity contribution in [2.45, 2.75) is 44.3 Å². The molecule has 1 aliphatic carbocycles. The molecule has 134 valence electrons. The zero-order valence-electron chi connectivity index (χ0n) is 13.4. The van der Waals surface area contributed by atoms with Crippen LogP contribution in [0.3, 0.4) is 0 Å². The van der Waals surface area contributed by atoms with E-state index in [0.717, 1.165) is 21.4 Å². The van der Waals surface area contributed by atoms with Crippen molar-refractivity contribution < 1.29 is 22.0 Å². The van der Waals surface area contributed by atoms with Crippen molar-refractivity contribution >= 4 is 6.08 Å². The molecule has 1 aromatic heterocycles. The molecule has 1 aromatic carbocycles. The minimum absolute atomic E-state index is 0.136. The summed E-state index contributed by atoms with van der Waals surface area (Å²) in [5, 5.41) is 3.74. The summed E-state index contributed by atoms with van der Waals surface area (Å²) in [6.07, 6.45) is 0.754. The molecule has 0 spiro atoms. The van der Waals surface area contributed by atoms with Gasteiger partial charge in [-0.3, -0.25) is 4.68 Å². The Bertz CT molecular complexity index is 762. The number of hydrogen-bond donors (Lipinski definition) is 0. The van der Waals surface area contributed by atoms with Gasteiger partial charge in [0.2, 0.25) is 5.92 Å². The monoisotopic (exact) mass is 356 g/mol. The predicted molar refractivity (Wildman–Crippen MR) is 85.1 cm³/mol. The van der Waals surface area contributed by atoms with Crippen LogP contribution in [0.1, 0.15) is 31.2 Å². The highest BCUT2D eigenvalue weighted by Gasteiger charge is 2.32. The summed E-state index contributed by atoms with van der Waals surface area (Å²) >= 11 is 0. The summed E-state index contributed by atoms with van der Waals surface area (Å²) in [7, 11) is 0. The number of rotatable bonds is 3. The summed E-state index contributed by atoms with van der Waals surface area (Å²) < 4.78 is 64.5. The average molecular weight is 356 g/mol. The number of benzene rings is 1. The van der Waals surface area contributed by atoms with Gasteiger partial charge in [-0.2, -0.15) is 18.3 Å². The van der Waals surface area contributed by atoms with E-state index < -0.39 is 18.6 Å². The van der Waals surface area contributed by atoms with Crippen LogP contribution in [-0.4, -0.2) is 21.9 Å². The maximum absolute atomic E-state index is 13.2. The van der Waals surface area contributed by atoms with Crippen molar-refractivity contribution in [3.8, 4) is 11.1 Å². The zero-order chi connectivity index (χ0) is 18.1. The van der Waals surface area contributed by atoms with E-state index in [2.05, 4.69) is 5.10 Å². The van der Waals surface area contributed by atoms with E-state index in [4.69, 9.17) is 0 Å². The van der Waals surface area contributed by atoms with E-state index >= 15 is 0 Å². The lowest BCUT2D eigenvalue weighted by Gasteiger charge is -2.23. The van der Waals surface area contributed by atoms with Crippen molar-refractivity contribution in [2.24, 2.45) is 0 Å². The van der Waals surface area contributed by atoms with Gasteiger partial charge in [0.25, 0.3) is 0 Å². The lowest BCUT2D eigenvalue weighted by Crippen LogP contribution is -2.20. The normalized spacial score (nSPS) is 17.6. The van der Waals surface area contributed by atoms with Gasteiger partial charge in [0.1, 0.15) is 6.54 Å². The van der Waals surface area contributed by atoms with E-state index in [0.29, 0.717) is 18.4 Å². The number of aromatic nitrogens is 2. The molecular formula is C18H17F5N2. The number of halogens is 5. The molecule has 0 radical (unpaired) electrons. The van der Waals surface area contributed by atoms with Crippen molar-refractivity contribution in [3.05, 3.63) is 47.8 Å². The molecule has 3 rings (SSSR count). The first kappa shape index (κ1) is 17.6. The summed E-state index contributed by atoms with van der Waals surface area (Å²) in [6.45, 7) is -1.13. The highest BCUT2D eigenvalue weighted by Crippen LogP contribution is 2.36. The molecule has 0 aliphatic heterocycles. The third-order valence-corrected chi connectivity index (χ3v) is 4.19. The van der Waals surface area contributed by atoms with Gasteiger partial charge in [-0.1, -0.05) is 29.8 Å². The van der Waals surface area contributed by atoms with Crippen LogP contribution in [0, 0.1) is 0 Å². The van der Waals surface area contributed by atoms with Crippen molar-refractivity contribution in [2.75, 3.05) is 0 Å². The third kappa shape index (κ3) is 4.90. The van der Waals surface area contributed by atoms with Gasteiger partial charge in [-0.25, -0.2) is 8.78 Å². The van der Waals surface area contributed by atoms with Crippen LogP contribution in [0.25, 0.3) is 17.2 Å². The van der Waals surface area contributed by atoms with E-state index in [-0.39, 0.29) is 12.8 Å². The maximum atomic E-state index is 13.2. The number of alkyl halides is 5. The fourth-order valence-electron chi connectivity index (χ4n) is 2.91. The van der Waals surface area contributed by atoms with Gasteiger partial charge < -0.3 is 0 Å². The number of allylic oxidation sites excluding steroid dienone is 1. The molecule has 0 amide bonds. The molecule has 7 heteroatoms. The van der Waals surface area contributed by atoms with Gasteiger partial charge in [0, 0.05) is 24.6 Å².